The van der Waals surface area contributed by atoms with Crippen LogP contribution in [0.1, 0.15) is 52.9 Å². The number of methoxy groups -OCH3 is 1. The van der Waals surface area contributed by atoms with Gasteiger partial charge in [0.25, 0.3) is 0 Å². The molecule has 1 aliphatic carbocycles. The highest BCUT2D eigenvalue weighted by Crippen LogP contribution is 2.32. The number of carbonyl (C=O) groups excluding carboxylic acids is 1. The summed E-state index contributed by atoms with van der Waals surface area (Å²) < 4.78 is 32.5. The predicted octanol–water partition coefficient (Wildman–Crippen LogP) is 2.07. The van der Waals surface area contributed by atoms with Crippen LogP contribution in [0.25, 0.3) is 0 Å². The SMILES string of the molecule is CCC(CC)C(C)NS(=O)(=O)C1CCCC1C(=O)OC. The molecule has 118 valence electrons. The van der Waals surface area contributed by atoms with E-state index in [1.165, 1.54) is 7.11 Å². The van der Waals surface area contributed by atoms with Gasteiger partial charge >= 0.3 is 5.97 Å². The molecule has 0 aromatic heterocycles. The summed E-state index contributed by atoms with van der Waals surface area (Å²) in [6.07, 6.45) is 3.75. The van der Waals surface area contributed by atoms with Crippen LogP contribution in [0.2, 0.25) is 0 Å². The number of nitrogens with one attached hydrogen (secondary N) is 1. The Kier molecular flexibility index (Phi) is 6.45. The van der Waals surface area contributed by atoms with Crippen LogP contribution in [0.5, 0.6) is 0 Å². The molecule has 0 aromatic rings. The van der Waals surface area contributed by atoms with Gasteiger partial charge in [0.05, 0.1) is 18.3 Å². The van der Waals surface area contributed by atoms with Gasteiger partial charge in [-0.05, 0) is 25.7 Å². The topological polar surface area (TPSA) is 72.5 Å². The van der Waals surface area contributed by atoms with Crippen LogP contribution in [0, 0.1) is 11.8 Å². The van der Waals surface area contributed by atoms with Crippen LogP contribution >= 0.6 is 0 Å². The van der Waals surface area contributed by atoms with Crippen molar-refractivity contribution >= 4 is 16.0 Å². The number of rotatable bonds is 7. The van der Waals surface area contributed by atoms with Gasteiger partial charge in [-0.25, -0.2) is 13.1 Å². The largest absolute Gasteiger partial charge is 0.469 e. The van der Waals surface area contributed by atoms with Crippen molar-refractivity contribution in [2.24, 2.45) is 11.8 Å². The highest BCUT2D eigenvalue weighted by Gasteiger charge is 2.42. The maximum atomic E-state index is 12.5. The van der Waals surface area contributed by atoms with Gasteiger partial charge in [0.2, 0.25) is 10.0 Å². The molecule has 0 radical (unpaired) electrons. The molecular weight excluding hydrogens is 278 g/mol. The molecule has 1 saturated carbocycles. The minimum absolute atomic E-state index is 0.103. The Morgan fingerprint density at radius 1 is 1.30 bits per heavy atom. The van der Waals surface area contributed by atoms with Crippen molar-refractivity contribution in [2.75, 3.05) is 7.11 Å². The van der Waals surface area contributed by atoms with Gasteiger partial charge in [0, 0.05) is 6.04 Å². The third-order valence-corrected chi connectivity index (χ3v) is 6.52. The molecule has 6 heteroatoms. The highest BCUT2D eigenvalue weighted by atomic mass is 32.2. The fourth-order valence-electron chi connectivity index (χ4n) is 3.16. The summed E-state index contributed by atoms with van der Waals surface area (Å²) >= 11 is 0. The van der Waals surface area contributed by atoms with Gasteiger partial charge in [0.15, 0.2) is 0 Å². The third-order valence-electron chi connectivity index (χ3n) is 4.46. The van der Waals surface area contributed by atoms with E-state index in [1.54, 1.807) is 0 Å². The van der Waals surface area contributed by atoms with Gasteiger partial charge in [-0.3, -0.25) is 4.79 Å². The van der Waals surface area contributed by atoms with Gasteiger partial charge in [-0.2, -0.15) is 0 Å². The molecule has 0 aromatic carbocycles. The molecule has 0 aliphatic heterocycles. The first-order valence-electron chi connectivity index (χ1n) is 7.46. The van der Waals surface area contributed by atoms with Crippen LogP contribution in [-0.4, -0.2) is 32.8 Å². The Balaban J connectivity index is 2.80. The minimum Gasteiger partial charge on any atom is -0.469 e. The van der Waals surface area contributed by atoms with Crippen molar-refractivity contribution in [3.63, 3.8) is 0 Å². The maximum absolute atomic E-state index is 12.5. The number of ether oxygens (including phenoxy) is 1. The van der Waals surface area contributed by atoms with Gasteiger partial charge in [-0.1, -0.05) is 33.1 Å². The number of esters is 1. The van der Waals surface area contributed by atoms with Crippen molar-refractivity contribution in [1.82, 2.24) is 4.72 Å². The van der Waals surface area contributed by atoms with Crippen LogP contribution < -0.4 is 4.72 Å². The molecule has 3 unspecified atom stereocenters. The van der Waals surface area contributed by atoms with E-state index in [1.807, 2.05) is 6.92 Å². The van der Waals surface area contributed by atoms with E-state index < -0.39 is 27.2 Å². The van der Waals surface area contributed by atoms with Gasteiger partial charge < -0.3 is 4.74 Å². The molecule has 1 rings (SSSR count). The molecule has 20 heavy (non-hydrogen) atoms. The molecule has 0 spiro atoms. The van der Waals surface area contributed by atoms with Crippen LogP contribution in [0.4, 0.5) is 0 Å². The quantitative estimate of drug-likeness (QED) is 0.731. The van der Waals surface area contributed by atoms with Crippen molar-refractivity contribution in [3.8, 4) is 0 Å². The van der Waals surface area contributed by atoms with E-state index in [4.69, 9.17) is 4.74 Å². The molecule has 0 saturated heterocycles. The predicted molar refractivity (Wildman–Crippen MR) is 78.7 cm³/mol. The molecule has 5 nitrogen and oxygen atoms in total. The number of sulfonamides is 1. The summed E-state index contributed by atoms with van der Waals surface area (Å²) in [6, 6.07) is -0.103. The number of hydrogen-bond acceptors (Lipinski definition) is 4. The molecule has 1 N–H and O–H groups in total. The van der Waals surface area contributed by atoms with E-state index in [2.05, 4.69) is 18.6 Å². The van der Waals surface area contributed by atoms with Crippen molar-refractivity contribution in [1.29, 1.82) is 0 Å². The molecule has 0 heterocycles. The average Bonchev–Trinajstić information content (AvgIpc) is 2.88. The van der Waals surface area contributed by atoms with E-state index in [-0.39, 0.29) is 6.04 Å². The van der Waals surface area contributed by atoms with Crippen molar-refractivity contribution < 1.29 is 17.9 Å². The number of carbonyl (C=O) groups is 1. The minimum atomic E-state index is -3.48. The summed E-state index contributed by atoms with van der Waals surface area (Å²) in [5.41, 5.74) is 0. The molecule has 3 atom stereocenters. The molecule has 0 bridgehead atoms. The summed E-state index contributed by atoms with van der Waals surface area (Å²) in [7, 11) is -2.17. The Hall–Kier alpha value is -0.620. The lowest BCUT2D eigenvalue weighted by atomic mass is 9.96. The summed E-state index contributed by atoms with van der Waals surface area (Å²) in [5, 5.41) is -0.647. The first-order valence-corrected chi connectivity index (χ1v) is 9.00. The smallest absolute Gasteiger partial charge is 0.310 e. The van der Waals surface area contributed by atoms with Gasteiger partial charge in [0.1, 0.15) is 0 Å². The fraction of sp³-hybridized carbons (Fsp3) is 0.929. The summed E-state index contributed by atoms with van der Waals surface area (Å²) in [5.74, 6) is -0.609. The summed E-state index contributed by atoms with van der Waals surface area (Å²) in [6.45, 7) is 6.02. The Labute approximate surface area is 122 Å². The van der Waals surface area contributed by atoms with Crippen molar-refractivity contribution in [2.45, 2.75) is 64.2 Å². The second-order valence-corrected chi connectivity index (χ2v) is 7.56. The second kappa shape index (κ2) is 7.41. The second-order valence-electron chi connectivity index (χ2n) is 5.63. The highest BCUT2D eigenvalue weighted by molar-refractivity contribution is 7.90. The third kappa shape index (κ3) is 3.95. The Morgan fingerprint density at radius 3 is 2.40 bits per heavy atom. The van der Waals surface area contributed by atoms with E-state index in [0.29, 0.717) is 18.8 Å². The molecular formula is C14H27NO4S. The lowest BCUT2D eigenvalue weighted by Crippen LogP contribution is -2.45. The molecule has 1 aliphatic rings. The van der Waals surface area contributed by atoms with Gasteiger partial charge in [-0.15, -0.1) is 0 Å². The Morgan fingerprint density at radius 2 is 1.90 bits per heavy atom. The zero-order valence-electron chi connectivity index (χ0n) is 12.9. The molecule has 1 fully saturated rings. The first-order chi connectivity index (χ1) is 9.37. The zero-order valence-corrected chi connectivity index (χ0v) is 13.7. The maximum Gasteiger partial charge on any atom is 0.310 e. The summed E-state index contributed by atoms with van der Waals surface area (Å²) in [4.78, 5) is 11.7. The van der Waals surface area contributed by atoms with Crippen LogP contribution in [0.15, 0.2) is 0 Å². The van der Waals surface area contributed by atoms with E-state index in [9.17, 15) is 13.2 Å². The van der Waals surface area contributed by atoms with Crippen LogP contribution in [0.3, 0.4) is 0 Å². The lowest BCUT2D eigenvalue weighted by molar-refractivity contribution is -0.145. The zero-order chi connectivity index (χ0) is 15.3. The van der Waals surface area contributed by atoms with E-state index in [0.717, 1.165) is 19.3 Å². The fourth-order valence-corrected chi connectivity index (χ4v) is 5.20. The van der Waals surface area contributed by atoms with E-state index >= 15 is 0 Å². The Bertz CT molecular complexity index is 417. The van der Waals surface area contributed by atoms with Crippen LogP contribution in [-0.2, 0) is 19.6 Å². The standard InChI is InChI=1S/C14H27NO4S/c1-5-11(6-2)10(3)15-20(17,18)13-9-7-8-12(13)14(16)19-4/h10-13,15H,5-9H2,1-4H3. The monoisotopic (exact) mass is 305 g/mol. The normalized spacial score (nSPS) is 24.9. The lowest BCUT2D eigenvalue weighted by Gasteiger charge is -2.26. The molecule has 0 amide bonds. The number of hydrogen-bond donors (Lipinski definition) is 1. The van der Waals surface area contributed by atoms with Crippen molar-refractivity contribution in [3.05, 3.63) is 0 Å². The average molecular weight is 305 g/mol. The first kappa shape index (κ1) is 17.4.